The maximum absolute atomic E-state index is 5.57. The number of fused-ring (bicyclic) bond motifs is 1. The van der Waals surface area contributed by atoms with Crippen LogP contribution in [0.1, 0.15) is 39.5 Å². The van der Waals surface area contributed by atoms with Gasteiger partial charge in [-0.15, -0.1) is 0 Å². The topological polar surface area (TPSA) is 21.3 Å². The molecule has 2 fully saturated rings. The Hall–Kier alpha value is -0.0800. The monoisotopic (exact) mass is 169 g/mol. The molecule has 2 heteroatoms. The summed E-state index contributed by atoms with van der Waals surface area (Å²) in [5.41, 5.74) is 0.493. The molecule has 0 unspecified atom stereocenters. The van der Waals surface area contributed by atoms with Gasteiger partial charge in [-0.25, -0.2) is 0 Å². The Morgan fingerprint density at radius 2 is 1.92 bits per heavy atom. The van der Waals surface area contributed by atoms with Crippen LogP contribution >= 0.6 is 0 Å². The van der Waals surface area contributed by atoms with E-state index < -0.39 is 0 Å². The first kappa shape index (κ1) is 8.52. The number of hydrogen-bond acceptors (Lipinski definition) is 2. The summed E-state index contributed by atoms with van der Waals surface area (Å²) >= 11 is 0. The summed E-state index contributed by atoms with van der Waals surface area (Å²) < 4.78 is 5.57. The minimum absolute atomic E-state index is 0.0365. The number of hydrogen-bond donors (Lipinski definition) is 1. The van der Waals surface area contributed by atoms with E-state index in [0.717, 1.165) is 18.8 Å². The molecule has 0 atom stereocenters. The second kappa shape index (κ2) is 2.46. The zero-order chi connectivity index (χ0) is 8.82. The lowest BCUT2D eigenvalue weighted by atomic mass is 10.1. The van der Waals surface area contributed by atoms with Crippen LogP contribution in [0.5, 0.6) is 0 Å². The Bertz CT molecular complexity index is 172. The number of nitrogens with one attached hydrogen (secondary N) is 1. The molecule has 1 N–H and O–H groups in total. The second-order valence-corrected chi connectivity index (χ2v) is 4.29. The van der Waals surface area contributed by atoms with E-state index >= 15 is 0 Å². The molecule has 0 aromatic carbocycles. The van der Waals surface area contributed by atoms with Crippen LogP contribution in [0.25, 0.3) is 0 Å². The molecule has 2 rings (SSSR count). The predicted molar refractivity (Wildman–Crippen MR) is 48.9 cm³/mol. The lowest BCUT2D eigenvalue weighted by molar-refractivity contribution is -0.0520. The number of methoxy groups -OCH3 is 1. The van der Waals surface area contributed by atoms with Crippen LogP contribution in [0, 0.1) is 5.92 Å². The van der Waals surface area contributed by atoms with Gasteiger partial charge >= 0.3 is 0 Å². The van der Waals surface area contributed by atoms with Gasteiger partial charge in [-0.1, -0.05) is 13.8 Å². The van der Waals surface area contributed by atoms with Crippen molar-refractivity contribution in [2.75, 3.05) is 7.11 Å². The predicted octanol–water partition coefficient (Wildman–Crippen LogP) is 1.90. The van der Waals surface area contributed by atoms with E-state index in [9.17, 15) is 0 Å². The van der Waals surface area contributed by atoms with Crippen molar-refractivity contribution in [1.29, 1.82) is 0 Å². The smallest absolute Gasteiger partial charge is 0.118 e. The van der Waals surface area contributed by atoms with Crippen molar-refractivity contribution >= 4 is 0 Å². The van der Waals surface area contributed by atoms with Gasteiger partial charge in [-0.2, -0.15) is 0 Å². The van der Waals surface area contributed by atoms with E-state index in [1.807, 2.05) is 7.11 Å². The van der Waals surface area contributed by atoms with Crippen molar-refractivity contribution < 1.29 is 4.74 Å². The van der Waals surface area contributed by atoms with Crippen molar-refractivity contribution in [3.05, 3.63) is 0 Å². The molecule has 70 valence electrons. The van der Waals surface area contributed by atoms with Gasteiger partial charge in [0.2, 0.25) is 0 Å². The fourth-order valence-corrected chi connectivity index (χ4v) is 2.13. The average molecular weight is 169 g/mol. The Labute approximate surface area is 74.7 Å². The molecule has 2 aliphatic carbocycles. The fourth-order valence-electron chi connectivity index (χ4n) is 2.13. The molecule has 0 spiro atoms. The van der Waals surface area contributed by atoms with Gasteiger partial charge in [0.1, 0.15) is 5.72 Å². The van der Waals surface area contributed by atoms with Gasteiger partial charge < -0.3 is 4.74 Å². The molecular formula is C10H19NO. The summed E-state index contributed by atoms with van der Waals surface area (Å²) in [4.78, 5) is 0. The third-order valence-corrected chi connectivity index (χ3v) is 3.69. The quantitative estimate of drug-likeness (QED) is 0.635. The highest BCUT2D eigenvalue weighted by molar-refractivity contribution is 5.27. The minimum atomic E-state index is -0.0365. The first-order valence-electron chi connectivity index (χ1n) is 5.05. The summed E-state index contributed by atoms with van der Waals surface area (Å²) in [6.45, 7) is 4.38. The normalized spacial score (nSPS) is 37.8. The van der Waals surface area contributed by atoms with Gasteiger partial charge in [0.05, 0.1) is 0 Å². The molecule has 0 amide bonds. The van der Waals surface area contributed by atoms with Crippen molar-refractivity contribution in [2.24, 2.45) is 5.92 Å². The fraction of sp³-hybridized carbons (Fsp3) is 1.00. The molecule has 0 aliphatic heterocycles. The summed E-state index contributed by atoms with van der Waals surface area (Å²) in [6, 6.07) is 0. The molecule has 2 saturated carbocycles. The lowest BCUT2D eigenvalue weighted by Crippen LogP contribution is -2.49. The van der Waals surface area contributed by atoms with E-state index in [1.54, 1.807) is 0 Å². The highest BCUT2D eigenvalue weighted by atomic mass is 16.5. The van der Waals surface area contributed by atoms with E-state index in [4.69, 9.17) is 4.74 Å². The van der Waals surface area contributed by atoms with Crippen LogP contribution in [0.3, 0.4) is 0 Å². The molecule has 0 aromatic rings. The molecule has 0 saturated heterocycles. The molecule has 0 bridgehead atoms. The van der Waals surface area contributed by atoms with Crippen molar-refractivity contribution in [2.45, 2.75) is 50.8 Å². The van der Waals surface area contributed by atoms with Gasteiger partial charge in [-0.3, -0.25) is 5.32 Å². The third kappa shape index (κ3) is 1.09. The Kier molecular flexibility index (Phi) is 1.74. The van der Waals surface area contributed by atoms with Crippen LogP contribution < -0.4 is 5.32 Å². The molecule has 0 heterocycles. The van der Waals surface area contributed by atoms with Crippen LogP contribution in [-0.4, -0.2) is 18.4 Å². The summed E-state index contributed by atoms with van der Waals surface area (Å²) in [7, 11) is 1.82. The average Bonchev–Trinajstić information content (AvgIpc) is 2.89. The highest BCUT2D eigenvalue weighted by Crippen LogP contribution is 2.67. The largest absolute Gasteiger partial charge is 0.364 e. The second-order valence-electron chi connectivity index (χ2n) is 4.29. The number of ether oxygens (including phenoxy) is 1. The Balaban J connectivity index is 1.95. The molecule has 0 aromatic heterocycles. The summed E-state index contributed by atoms with van der Waals surface area (Å²) in [6.07, 6.45) is 4.90. The van der Waals surface area contributed by atoms with E-state index in [1.165, 1.54) is 12.8 Å². The van der Waals surface area contributed by atoms with Crippen LogP contribution in [0.15, 0.2) is 0 Å². The SMILES string of the molecule is CCC(CC)(NC12CC1C2)OC. The van der Waals surface area contributed by atoms with E-state index in [-0.39, 0.29) is 5.72 Å². The van der Waals surface area contributed by atoms with E-state index in [0.29, 0.717) is 5.54 Å². The zero-order valence-corrected chi connectivity index (χ0v) is 8.31. The zero-order valence-electron chi connectivity index (χ0n) is 8.31. The van der Waals surface area contributed by atoms with Gasteiger partial charge in [-0.05, 0) is 31.6 Å². The maximum atomic E-state index is 5.57. The van der Waals surface area contributed by atoms with E-state index in [2.05, 4.69) is 19.2 Å². The van der Waals surface area contributed by atoms with Gasteiger partial charge in [0, 0.05) is 12.6 Å². The van der Waals surface area contributed by atoms with Crippen molar-refractivity contribution in [3.63, 3.8) is 0 Å². The summed E-state index contributed by atoms with van der Waals surface area (Å²) in [5.74, 6) is 0.991. The third-order valence-electron chi connectivity index (χ3n) is 3.69. The molecular weight excluding hydrogens is 150 g/mol. The van der Waals surface area contributed by atoms with Crippen LogP contribution in [0.4, 0.5) is 0 Å². The highest BCUT2D eigenvalue weighted by Gasteiger charge is 2.71. The molecule has 12 heavy (non-hydrogen) atoms. The number of rotatable bonds is 5. The Morgan fingerprint density at radius 1 is 1.42 bits per heavy atom. The van der Waals surface area contributed by atoms with Crippen molar-refractivity contribution in [1.82, 2.24) is 5.32 Å². The van der Waals surface area contributed by atoms with Crippen molar-refractivity contribution in [3.8, 4) is 0 Å². The van der Waals surface area contributed by atoms with Crippen LogP contribution in [0.2, 0.25) is 0 Å². The molecule has 2 aliphatic rings. The first-order chi connectivity index (χ1) is 5.70. The Morgan fingerprint density at radius 3 is 2.17 bits per heavy atom. The van der Waals surface area contributed by atoms with Gasteiger partial charge in [0.25, 0.3) is 0 Å². The van der Waals surface area contributed by atoms with Gasteiger partial charge in [0.15, 0.2) is 0 Å². The molecule has 0 radical (unpaired) electrons. The standard InChI is InChI=1S/C10H19NO/c1-4-10(5-2,12-3)11-9-6-8(9)7-9/h8,11H,4-7H2,1-3H3. The molecule has 2 nitrogen and oxygen atoms in total. The minimum Gasteiger partial charge on any atom is -0.364 e. The lowest BCUT2D eigenvalue weighted by Gasteiger charge is -2.33. The summed E-state index contributed by atoms with van der Waals surface area (Å²) in [5, 5.41) is 3.68. The maximum Gasteiger partial charge on any atom is 0.118 e. The van der Waals surface area contributed by atoms with Crippen LogP contribution in [-0.2, 0) is 4.74 Å². The first-order valence-corrected chi connectivity index (χ1v) is 5.05.